The summed E-state index contributed by atoms with van der Waals surface area (Å²) < 4.78 is 10.7. The standard InChI is InChI=1S/C20H17ClN2O4/c1-26-20(25)13-10-12(21)2-3-14(13)23-19(24)18-16-5-4-15(27-16)17(18)11-6-8-22-9-7-11/h2-3,6-10,15-16H,4-5H2,1H3,(H,23,24)/t15-,16-/m0/s1. The van der Waals surface area contributed by atoms with Gasteiger partial charge in [-0.3, -0.25) is 9.78 Å². The Morgan fingerprint density at radius 2 is 1.93 bits per heavy atom. The first kappa shape index (κ1) is 17.7. The van der Waals surface area contributed by atoms with Crippen molar-refractivity contribution in [3.63, 3.8) is 0 Å². The summed E-state index contributed by atoms with van der Waals surface area (Å²) in [5.74, 6) is -0.859. The topological polar surface area (TPSA) is 77.5 Å². The van der Waals surface area contributed by atoms with Crippen molar-refractivity contribution >= 4 is 34.7 Å². The number of rotatable bonds is 4. The number of carbonyl (C=O) groups is 2. The van der Waals surface area contributed by atoms with Crippen LogP contribution in [0, 0.1) is 0 Å². The average Bonchev–Trinajstić information content (AvgIpc) is 3.31. The fraction of sp³-hybridized carbons (Fsp3) is 0.250. The number of esters is 1. The van der Waals surface area contributed by atoms with E-state index in [1.807, 2.05) is 12.1 Å². The lowest BCUT2D eigenvalue weighted by Crippen LogP contribution is -2.24. The second-order valence-electron chi connectivity index (χ2n) is 6.39. The van der Waals surface area contributed by atoms with E-state index < -0.39 is 5.97 Å². The van der Waals surface area contributed by atoms with E-state index in [1.54, 1.807) is 24.5 Å². The van der Waals surface area contributed by atoms with Gasteiger partial charge in [0.15, 0.2) is 0 Å². The molecular weight excluding hydrogens is 368 g/mol. The predicted octanol–water partition coefficient (Wildman–Crippen LogP) is 3.48. The van der Waals surface area contributed by atoms with Gasteiger partial charge >= 0.3 is 5.97 Å². The van der Waals surface area contributed by atoms with Gasteiger partial charge in [0, 0.05) is 17.4 Å². The van der Waals surface area contributed by atoms with Crippen LogP contribution in [-0.2, 0) is 14.3 Å². The molecule has 1 saturated heterocycles. The van der Waals surface area contributed by atoms with E-state index >= 15 is 0 Å². The van der Waals surface area contributed by atoms with Crippen LogP contribution in [0.5, 0.6) is 0 Å². The van der Waals surface area contributed by atoms with Crippen molar-refractivity contribution in [3.8, 4) is 0 Å². The summed E-state index contributed by atoms with van der Waals surface area (Å²) in [6, 6.07) is 8.41. The number of methoxy groups -OCH3 is 1. The third kappa shape index (κ3) is 3.22. The molecule has 2 aliphatic heterocycles. The first-order chi connectivity index (χ1) is 13.1. The van der Waals surface area contributed by atoms with E-state index in [1.165, 1.54) is 13.2 Å². The Kier molecular flexibility index (Phi) is 4.68. The first-order valence-electron chi connectivity index (χ1n) is 8.57. The number of aromatic nitrogens is 1. The summed E-state index contributed by atoms with van der Waals surface area (Å²) in [6.45, 7) is 0. The number of halogens is 1. The monoisotopic (exact) mass is 384 g/mol. The van der Waals surface area contributed by atoms with Gasteiger partial charge < -0.3 is 14.8 Å². The molecule has 7 heteroatoms. The van der Waals surface area contributed by atoms with Gasteiger partial charge in [-0.25, -0.2) is 4.79 Å². The zero-order valence-electron chi connectivity index (χ0n) is 14.6. The van der Waals surface area contributed by atoms with Crippen LogP contribution >= 0.6 is 11.6 Å². The lowest BCUT2D eigenvalue weighted by molar-refractivity contribution is -0.113. The summed E-state index contributed by atoms with van der Waals surface area (Å²) in [5, 5.41) is 3.21. The number of pyridine rings is 1. The molecule has 1 N–H and O–H groups in total. The number of benzene rings is 1. The van der Waals surface area contributed by atoms with Crippen LogP contribution in [0.25, 0.3) is 5.57 Å². The Labute approximate surface area is 161 Å². The Bertz CT molecular complexity index is 942. The molecule has 1 aromatic heterocycles. The van der Waals surface area contributed by atoms with Crippen LogP contribution in [0.3, 0.4) is 0 Å². The van der Waals surface area contributed by atoms with Gasteiger partial charge in [-0.05, 0) is 54.3 Å². The molecule has 0 saturated carbocycles. The van der Waals surface area contributed by atoms with Crippen molar-refractivity contribution in [2.45, 2.75) is 25.0 Å². The maximum atomic E-state index is 13.1. The number of nitrogens with one attached hydrogen (secondary N) is 1. The largest absolute Gasteiger partial charge is 0.465 e. The van der Waals surface area contributed by atoms with E-state index in [2.05, 4.69) is 10.3 Å². The van der Waals surface area contributed by atoms with Crippen LogP contribution in [0.2, 0.25) is 5.02 Å². The van der Waals surface area contributed by atoms with Crippen LogP contribution in [-0.4, -0.2) is 36.2 Å². The van der Waals surface area contributed by atoms with Gasteiger partial charge in [-0.15, -0.1) is 0 Å². The molecule has 2 aromatic rings. The van der Waals surface area contributed by atoms with Crippen molar-refractivity contribution in [1.29, 1.82) is 0 Å². The van der Waals surface area contributed by atoms with Gasteiger partial charge in [0.05, 0.1) is 36.1 Å². The molecule has 3 heterocycles. The number of fused-ring (bicyclic) bond motifs is 2. The highest BCUT2D eigenvalue weighted by Crippen LogP contribution is 2.44. The Hall–Kier alpha value is -2.70. The lowest BCUT2D eigenvalue weighted by atomic mass is 9.87. The minimum atomic E-state index is -0.569. The molecule has 1 aromatic carbocycles. The van der Waals surface area contributed by atoms with Crippen molar-refractivity contribution in [1.82, 2.24) is 4.98 Å². The zero-order valence-corrected chi connectivity index (χ0v) is 15.3. The van der Waals surface area contributed by atoms with Crippen LogP contribution in [0.1, 0.15) is 28.8 Å². The zero-order chi connectivity index (χ0) is 19.0. The minimum absolute atomic E-state index is 0.0940. The molecular formula is C20H17ClN2O4. The maximum absolute atomic E-state index is 13.1. The fourth-order valence-electron chi connectivity index (χ4n) is 3.64. The van der Waals surface area contributed by atoms with Crippen LogP contribution in [0.4, 0.5) is 5.69 Å². The first-order valence-corrected chi connectivity index (χ1v) is 8.95. The molecule has 2 aliphatic rings. The SMILES string of the molecule is COC(=O)c1cc(Cl)ccc1NC(=O)C1=C(c2ccncc2)[C@@H]2CC[C@@H]1O2. The van der Waals surface area contributed by atoms with E-state index in [9.17, 15) is 9.59 Å². The number of nitrogens with zero attached hydrogens (tertiary/aromatic N) is 1. The summed E-state index contributed by atoms with van der Waals surface area (Å²) in [5.41, 5.74) is 2.96. The molecule has 1 fully saturated rings. The molecule has 4 rings (SSSR count). The minimum Gasteiger partial charge on any atom is -0.465 e. The average molecular weight is 385 g/mol. The molecule has 1 amide bonds. The summed E-state index contributed by atoms with van der Waals surface area (Å²) in [4.78, 5) is 29.2. The number of amides is 1. The normalized spacial score (nSPS) is 20.7. The number of ether oxygens (including phenoxy) is 2. The number of anilines is 1. The fourth-order valence-corrected chi connectivity index (χ4v) is 3.82. The van der Waals surface area contributed by atoms with Gasteiger partial charge in [0.2, 0.25) is 0 Å². The highest BCUT2D eigenvalue weighted by atomic mass is 35.5. The van der Waals surface area contributed by atoms with E-state index in [0.717, 1.165) is 24.0 Å². The van der Waals surface area contributed by atoms with Gasteiger partial charge in [0.1, 0.15) is 0 Å². The molecule has 0 aliphatic carbocycles. The van der Waals surface area contributed by atoms with E-state index in [-0.39, 0.29) is 23.7 Å². The number of hydrogen-bond donors (Lipinski definition) is 1. The third-order valence-corrected chi connectivity index (χ3v) is 5.06. The van der Waals surface area contributed by atoms with Crippen molar-refractivity contribution in [2.75, 3.05) is 12.4 Å². The maximum Gasteiger partial charge on any atom is 0.340 e. The smallest absolute Gasteiger partial charge is 0.340 e. The summed E-state index contributed by atoms with van der Waals surface area (Å²) in [7, 11) is 1.28. The summed E-state index contributed by atoms with van der Waals surface area (Å²) >= 11 is 5.98. The van der Waals surface area contributed by atoms with Gasteiger partial charge in [-0.2, -0.15) is 0 Å². The van der Waals surface area contributed by atoms with E-state index in [4.69, 9.17) is 21.1 Å². The van der Waals surface area contributed by atoms with Gasteiger partial charge in [0.25, 0.3) is 5.91 Å². The Morgan fingerprint density at radius 1 is 1.19 bits per heavy atom. The molecule has 6 nitrogen and oxygen atoms in total. The number of hydrogen-bond acceptors (Lipinski definition) is 5. The molecule has 0 radical (unpaired) electrons. The third-order valence-electron chi connectivity index (χ3n) is 4.82. The van der Waals surface area contributed by atoms with Crippen molar-refractivity contribution < 1.29 is 19.1 Å². The lowest BCUT2D eigenvalue weighted by Gasteiger charge is -2.17. The predicted molar refractivity (Wildman–Crippen MR) is 100 cm³/mol. The Morgan fingerprint density at radius 3 is 2.67 bits per heavy atom. The molecule has 138 valence electrons. The molecule has 0 unspecified atom stereocenters. The quantitative estimate of drug-likeness (QED) is 0.816. The highest BCUT2D eigenvalue weighted by molar-refractivity contribution is 6.31. The van der Waals surface area contributed by atoms with Gasteiger partial charge in [-0.1, -0.05) is 11.6 Å². The van der Waals surface area contributed by atoms with Crippen molar-refractivity contribution in [3.05, 3.63) is 64.4 Å². The van der Waals surface area contributed by atoms with Crippen LogP contribution < -0.4 is 5.32 Å². The Balaban J connectivity index is 1.71. The second-order valence-corrected chi connectivity index (χ2v) is 6.83. The second kappa shape index (κ2) is 7.13. The highest BCUT2D eigenvalue weighted by Gasteiger charge is 2.43. The number of carbonyl (C=O) groups excluding carboxylic acids is 2. The molecule has 2 atom stereocenters. The molecule has 2 bridgehead atoms. The van der Waals surface area contributed by atoms with E-state index in [0.29, 0.717) is 16.3 Å². The molecule has 0 spiro atoms. The van der Waals surface area contributed by atoms with Crippen molar-refractivity contribution in [2.24, 2.45) is 0 Å². The summed E-state index contributed by atoms with van der Waals surface area (Å²) in [6.07, 6.45) is 4.73. The molecule has 27 heavy (non-hydrogen) atoms. The van der Waals surface area contributed by atoms with Crippen LogP contribution in [0.15, 0.2) is 48.3 Å².